The smallest absolute Gasteiger partial charge is 0.193 e. The largest absolute Gasteiger partial charge is 0.389 e. The molecular weight excluding hydrogens is 332 g/mol. The summed E-state index contributed by atoms with van der Waals surface area (Å²) in [5.74, 6) is -0.103. The fourth-order valence-electron chi connectivity index (χ4n) is 3.70. The number of allylic oxidation sites excluding steroid dienone is 3. The topological polar surface area (TPSA) is 37.3 Å². The van der Waals surface area contributed by atoms with Crippen LogP contribution in [0.5, 0.6) is 0 Å². The van der Waals surface area contributed by atoms with Gasteiger partial charge in [0, 0.05) is 16.7 Å². The molecule has 0 spiro atoms. The molecule has 27 heavy (non-hydrogen) atoms. The molecule has 0 saturated heterocycles. The van der Waals surface area contributed by atoms with Crippen molar-refractivity contribution in [3.63, 3.8) is 0 Å². The Morgan fingerprint density at radius 2 is 0.963 bits per heavy atom. The highest BCUT2D eigenvalue weighted by atomic mass is 16.3. The molecule has 0 aliphatic heterocycles. The second-order valence-electron chi connectivity index (χ2n) is 6.64. The van der Waals surface area contributed by atoms with E-state index in [1.807, 2.05) is 91.0 Å². The Hall–Kier alpha value is -3.23. The van der Waals surface area contributed by atoms with Gasteiger partial charge in [-0.25, -0.2) is 0 Å². The summed E-state index contributed by atoms with van der Waals surface area (Å²) in [6, 6.07) is 29.5. The SMILES string of the molecule is CC(O)C1=C(c2ccccc2)C(c2ccccc2)=C(c2ccccc2)C1=O. The van der Waals surface area contributed by atoms with Crippen molar-refractivity contribution in [3.8, 4) is 0 Å². The lowest BCUT2D eigenvalue weighted by molar-refractivity contribution is -0.111. The zero-order chi connectivity index (χ0) is 18.8. The Balaban J connectivity index is 2.07. The molecule has 2 nitrogen and oxygen atoms in total. The molecular formula is C25H20O2. The molecule has 2 heteroatoms. The van der Waals surface area contributed by atoms with Crippen LogP contribution in [0.2, 0.25) is 0 Å². The molecule has 4 rings (SSSR count). The molecule has 0 heterocycles. The molecule has 0 bridgehead atoms. The van der Waals surface area contributed by atoms with Crippen LogP contribution >= 0.6 is 0 Å². The van der Waals surface area contributed by atoms with Crippen LogP contribution in [0.3, 0.4) is 0 Å². The molecule has 0 amide bonds. The Labute approximate surface area is 159 Å². The molecule has 3 aromatic rings. The summed E-state index contributed by atoms with van der Waals surface area (Å²) < 4.78 is 0. The molecule has 1 N–H and O–H groups in total. The van der Waals surface area contributed by atoms with E-state index in [0.29, 0.717) is 11.1 Å². The van der Waals surface area contributed by atoms with E-state index >= 15 is 0 Å². The van der Waals surface area contributed by atoms with Gasteiger partial charge in [-0.1, -0.05) is 91.0 Å². The Kier molecular flexibility index (Phi) is 4.57. The highest BCUT2D eigenvalue weighted by molar-refractivity contribution is 6.47. The van der Waals surface area contributed by atoms with Gasteiger partial charge >= 0.3 is 0 Å². The fraction of sp³-hybridized carbons (Fsp3) is 0.0800. The van der Waals surface area contributed by atoms with E-state index < -0.39 is 6.10 Å². The van der Waals surface area contributed by atoms with E-state index in [1.165, 1.54) is 0 Å². The third-order valence-electron chi connectivity index (χ3n) is 4.85. The minimum absolute atomic E-state index is 0.103. The number of hydrogen-bond donors (Lipinski definition) is 1. The third-order valence-corrected chi connectivity index (χ3v) is 4.85. The van der Waals surface area contributed by atoms with Gasteiger partial charge in [0.25, 0.3) is 0 Å². The van der Waals surface area contributed by atoms with Crippen molar-refractivity contribution in [2.75, 3.05) is 0 Å². The number of hydrogen-bond acceptors (Lipinski definition) is 2. The average molecular weight is 352 g/mol. The fourth-order valence-corrected chi connectivity index (χ4v) is 3.70. The van der Waals surface area contributed by atoms with Crippen LogP contribution in [0.4, 0.5) is 0 Å². The van der Waals surface area contributed by atoms with Crippen LogP contribution in [0.25, 0.3) is 16.7 Å². The van der Waals surface area contributed by atoms with Gasteiger partial charge in [-0.15, -0.1) is 0 Å². The number of ketones is 1. The van der Waals surface area contributed by atoms with E-state index in [1.54, 1.807) is 6.92 Å². The number of carbonyl (C=O) groups excluding carboxylic acids is 1. The van der Waals surface area contributed by atoms with Crippen molar-refractivity contribution in [1.29, 1.82) is 0 Å². The molecule has 0 fully saturated rings. The lowest BCUT2D eigenvalue weighted by Crippen LogP contribution is -2.14. The highest BCUT2D eigenvalue weighted by Gasteiger charge is 2.36. The number of aliphatic hydroxyl groups is 1. The van der Waals surface area contributed by atoms with Crippen LogP contribution in [0, 0.1) is 0 Å². The van der Waals surface area contributed by atoms with Gasteiger partial charge in [-0.05, 0) is 29.2 Å². The van der Waals surface area contributed by atoms with Crippen molar-refractivity contribution >= 4 is 22.5 Å². The third kappa shape index (κ3) is 3.05. The van der Waals surface area contributed by atoms with Crippen LogP contribution < -0.4 is 0 Å². The average Bonchev–Trinajstić information content (AvgIpc) is 3.03. The van der Waals surface area contributed by atoms with Crippen molar-refractivity contribution in [2.45, 2.75) is 13.0 Å². The second-order valence-corrected chi connectivity index (χ2v) is 6.64. The molecule has 0 saturated carbocycles. The molecule has 1 atom stereocenters. The van der Waals surface area contributed by atoms with Crippen molar-refractivity contribution < 1.29 is 9.90 Å². The Morgan fingerprint density at radius 3 is 1.37 bits per heavy atom. The highest BCUT2D eigenvalue weighted by Crippen LogP contribution is 2.47. The summed E-state index contributed by atoms with van der Waals surface area (Å²) in [5.41, 5.74) is 5.58. The summed E-state index contributed by atoms with van der Waals surface area (Å²) in [5, 5.41) is 10.5. The number of carbonyl (C=O) groups is 1. The predicted octanol–water partition coefficient (Wildman–Crippen LogP) is 5.01. The maximum absolute atomic E-state index is 13.4. The molecule has 1 unspecified atom stereocenters. The van der Waals surface area contributed by atoms with Crippen molar-refractivity contribution in [2.24, 2.45) is 0 Å². The van der Waals surface area contributed by atoms with Crippen LogP contribution in [-0.2, 0) is 4.79 Å². The summed E-state index contributed by atoms with van der Waals surface area (Å²) in [7, 11) is 0. The quantitative estimate of drug-likeness (QED) is 0.716. The maximum Gasteiger partial charge on any atom is 0.193 e. The molecule has 0 aromatic heterocycles. The van der Waals surface area contributed by atoms with Crippen LogP contribution in [0.15, 0.2) is 96.6 Å². The first kappa shape index (κ1) is 17.2. The van der Waals surface area contributed by atoms with Gasteiger partial charge in [0.15, 0.2) is 5.78 Å². The second kappa shape index (κ2) is 7.18. The number of aliphatic hydroxyl groups excluding tert-OH is 1. The van der Waals surface area contributed by atoms with Crippen LogP contribution in [0.1, 0.15) is 23.6 Å². The monoisotopic (exact) mass is 352 g/mol. The van der Waals surface area contributed by atoms with Gasteiger partial charge < -0.3 is 5.11 Å². The minimum Gasteiger partial charge on any atom is -0.389 e. The summed E-state index contributed by atoms with van der Waals surface area (Å²) >= 11 is 0. The van der Waals surface area contributed by atoms with E-state index in [2.05, 4.69) is 0 Å². The zero-order valence-corrected chi connectivity index (χ0v) is 15.1. The zero-order valence-electron chi connectivity index (χ0n) is 15.1. The molecule has 0 radical (unpaired) electrons. The van der Waals surface area contributed by atoms with Crippen molar-refractivity contribution in [1.82, 2.24) is 0 Å². The number of rotatable bonds is 4. The standard InChI is InChI=1S/C25H20O2/c1-17(26)21-22(18-11-5-2-6-12-18)23(19-13-7-3-8-14-19)24(25(21)27)20-15-9-4-10-16-20/h2-17,26H,1H3. The first-order valence-electron chi connectivity index (χ1n) is 9.06. The summed E-state index contributed by atoms with van der Waals surface area (Å²) in [6.07, 6.45) is -0.854. The number of Topliss-reactive ketones (excluding diaryl/α,β-unsaturated/α-hetero) is 1. The Morgan fingerprint density at radius 1 is 0.593 bits per heavy atom. The first-order valence-corrected chi connectivity index (χ1v) is 9.06. The van der Waals surface area contributed by atoms with E-state index in [-0.39, 0.29) is 5.78 Å². The molecule has 132 valence electrons. The summed E-state index contributed by atoms with van der Waals surface area (Å²) in [4.78, 5) is 13.4. The van der Waals surface area contributed by atoms with E-state index in [4.69, 9.17) is 0 Å². The van der Waals surface area contributed by atoms with E-state index in [9.17, 15) is 9.90 Å². The van der Waals surface area contributed by atoms with Gasteiger partial charge in [-0.3, -0.25) is 4.79 Å². The Bertz CT molecular complexity index is 1030. The van der Waals surface area contributed by atoms with Crippen LogP contribution in [-0.4, -0.2) is 17.0 Å². The first-order chi connectivity index (χ1) is 13.2. The number of benzene rings is 3. The van der Waals surface area contributed by atoms with Gasteiger partial charge in [0.2, 0.25) is 0 Å². The lowest BCUT2D eigenvalue weighted by atomic mass is 9.89. The predicted molar refractivity (Wildman–Crippen MR) is 110 cm³/mol. The van der Waals surface area contributed by atoms with Gasteiger partial charge in [0.05, 0.1) is 6.10 Å². The summed E-state index contributed by atoms with van der Waals surface area (Å²) in [6.45, 7) is 1.66. The van der Waals surface area contributed by atoms with Crippen molar-refractivity contribution in [3.05, 3.63) is 113 Å². The van der Waals surface area contributed by atoms with Gasteiger partial charge in [0.1, 0.15) is 0 Å². The van der Waals surface area contributed by atoms with Gasteiger partial charge in [-0.2, -0.15) is 0 Å². The lowest BCUT2D eigenvalue weighted by Gasteiger charge is -2.14. The minimum atomic E-state index is -0.854. The maximum atomic E-state index is 13.4. The molecule has 3 aromatic carbocycles. The van der Waals surface area contributed by atoms with E-state index in [0.717, 1.165) is 27.8 Å². The normalized spacial score (nSPS) is 15.4. The molecule has 1 aliphatic rings. The molecule has 1 aliphatic carbocycles.